The van der Waals surface area contributed by atoms with E-state index in [1.165, 1.54) is 12.1 Å². The smallest absolute Gasteiger partial charge is 0.335 e. The fourth-order valence-corrected chi connectivity index (χ4v) is 1.53. The highest BCUT2D eigenvalue weighted by molar-refractivity contribution is 5.95. The van der Waals surface area contributed by atoms with Crippen molar-refractivity contribution in [2.45, 2.75) is 0 Å². The number of azo groups is 1. The molecule has 0 fully saturated rings. The maximum absolute atomic E-state index is 10.9. The van der Waals surface area contributed by atoms with Gasteiger partial charge in [-0.25, -0.2) is 9.59 Å². The first-order chi connectivity index (χ1) is 9.56. The summed E-state index contributed by atoms with van der Waals surface area (Å²) in [6.07, 6.45) is 0. The summed E-state index contributed by atoms with van der Waals surface area (Å²) in [4.78, 5) is 21.9. The van der Waals surface area contributed by atoms with Gasteiger partial charge in [-0.05, 0) is 30.3 Å². The van der Waals surface area contributed by atoms with Crippen molar-refractivity contribution in [3.63, 3.8) is 0 Å². The molecule has 0 saturated heterocycles. The highest BCUT2D eigenvalue weighted by Gasteiger charge is 2.11. The topological polar surface area (TPSA) is 99.3 Å². The molecule has 6 heteroatoms. The van der Waals surface area contributed by atoms with Gasteiger partial charge in [-0.3, -0.25) is 0 Å². The third-order valence-electron chi connectivity index (χ3n) is 2.45. The standard InChI is InChI=1S/C14H10N2O4/c17-13(18)9-6-10(14(19)20)8-12(7-9)16-15-11-4-2-1-3-5-11/h1-8H,(H,17,18)(H,19,20). The van der Waals surface area contributed by atoms with Gasteiger partial charge in [-0.1, -0.05) is 18.2 Å². The highest BCUT2D eigenvalue weighted by Crippen LogP contribution is 2.21. The van der Waals surface area contributed by atoms with Gasteiger partial charge in [0.05, 0.1) is 22.5 Å². The Hall–Kier alpha value is -3.02. The maximum atomic E-state index is 10.9. The summed E-state index contributed by atoms with van der Waals surface area (Å²) in [5.74, 6) is -2.44. The quantitative estimate of drug-likeness (QED) is 0.830. The Morgan fingerprint density at radius 1 is 0.750 bits per heavy atom. The molecule has 0 aliphatic rings. The first-order valence-electron chi connectivity index (χ1n) is 5.65. The summed E-state index contributed by atoms with van der Waals surface area (Å²) in [5, 5.41) is 25.6. The zero-order valence-corrected chi connectivity index (χ0v) is 10.2. The van der Waals surface area contributed by atoms with Gasteiger partial charge in [0.15, 0.2) is 0 Å². The van der Waals surface area contributed by atoms with E-state index in [-0.39, 0.29) is 16.8 Å². The third-order valence-corrected chi connectivity index (χ3v) is 2.45. The second kappa shape index (κ2) is 5.75. The molecule has 2 N–H and O–H groups in total. The predicted molar refractivity (Wildman–Crippen MR) is 71.0 cm³/mol. The molecule has 20 heavy (non-hydrogen) atoms. The van der Waals surface area contributed by atoms with Gasteiger partial charge in [0.2, 0.25) is 0 Å². The summed E-state index contributed by atoms with van der Waals surface area (Å²) in [5.41, 5.74) is 0.468. The molecule has 0 aliphatic carbocycles. The molecule has 0 saturated carbocycles. The Morgan fingerprint density at radius 3 is 1.75 bits per heavy atom. The summed E-state index contributed by atoms with van der Waals surface area (Å²) in [6.45, 7) is 0. The molecular formula is C14H10N2O4. The van der Waals surface area contributed by atoms with Crippen molar-refractivity contribution in [1.29, 1.82) is 0 Å². The van der Waals surface area contributed by atoms with Crippen molar-refractivity contribution in [2.24, 2.45) is 10.2 Å². The predicted octanol–water partition coefficient (Wildman–Crippen LogP) is 3.50. The van der Waals surface area contributed by atoms with E-state index in [1.807, 2.05) is 6.07 Å². The van der Waals surface area contributed by atoms with E-state index < -0.39 is 11.9 Å². The lowest BCUT2D eigenvalue weighted by molar-refractivity contribution is 0.0696. The zero-order valence-electron chi connectivity index (χ0n) is 10.2. The van der Waals surface area contributed by atoms with Crippen LogP contribution in [-0.4, -0.2) is 22.2 Å². The van der Waals surface area contributed by atoms with Gasteiger partial charge in [0.1, 0.15) is 0 Å². The Kier molecular flexibility index (Phi) is 3.85. The van der Waals surface area contributed by atoms with E-state index >= 15 is 0 Å². The molecule has 0 radical (unpaired) electrons. The SMILES string of the molecule is O=C(O)c1cc(N=Nc2ccccc2)cc(C(=O)O)c1. The fourth-order valence-electron chi connectivity index (χ4n) is 1.53. The number of nitrogens with zero attached hydrogens (tertiary/aromatic N) is 2. The van der Waals surface area contributed by atoms with Crippen LogP contribution in [0, 0.1) is 0 Å². The number of benzene rings is 2. The van der Waals surface area contributed by atoms with Crippen LogP contribution >= 0.6 is 0 Å². The highest BCUT2D eigenvalue weighted by atomic mass is 16.4. The second-order valence-electron chi connectivity index (χ2n) is 3.91. The van der Waals surface area contributed by atoms with Crippen LogP contribution in [0.5, 0.6) is 0 Å². The number of hydrogen-bond donors (Lipinski definition) is 2. The molecule has 0 atom stereocenters. The van der Waals surface area contributed by atoms with Crippen LogP contribution in [0.4, 0.5) is 11.4 Å². The first kappa shape index (κ1) is 13.4. The van der Waals surface area contributed by atoms with Crippen LogP contribution in [0.25, 0.3) is 0 Å². The third kappa shape index (κ3) is 3.26. The van der Waals surface area contributed by atoms with Crippen LogP contribution in [0.2, 0.25) is 0 Å². The van der Waals surface area contributed by atoms with Crippen LogP contribution in [-0.2, 0) is 0 Å². The van der Waals surface area contributed by atoms with Gasteiger partial charge in [0, 0.05) is 0 Å². The van der Waals surface area contributed by atoms with Crippen molar-refractivity contribution in [2.75, 3.05) is 0 Å². The lowest BCUT2D eigenvalue weighted by Crippen LogP contribution is -2.01. The van der Waals surface area contributed by atoms with Crippen molar-refractivity contribution < 1.29 is 19.8 Å². The van der Waals surface area contributed by atoms with E-state index in [2.05, 4.69) is 10.2 Å². The maximum Gasteiger partial charge on any atom is 0.335 e. The Bertz CT molecular complexity index is 649. The van der Waals surface area contributed by atoms with Gasteiger partial charge in [-0.15, -0.1) is 0 Å². The number of aromatic carboxylic acids is 2. The lowest BCUT2D eigenvalue weighted by atomic mass is 10.1. The molecule has 0 aromatic heterocycles. The minimum atomic E-state index is -1.22. The molecule has 0 spiro atoms. The molecule has 0 aliphatic heterocycles. The van der Waals surface area contributed by atoms with Crippen LogP contribution in [0.3, 0.4) is 0 Å². The summed E-state index contributed by atoms with van der Waals surface area (Å²) < 4.78 is 0. The van der Waals surface area contributed by atoms with E-state index in [0.29, 0.717) is 5.69 Å². The molecule has 0 amide bonds. The molecule has 2 aromatic carbocycles. The van der Waals surface area contributed by atoms with Crippen molar-refractivity contribution in [3.05, 3.63) is 59.7 Å². The van der Waals surface area contributed by atoms with Crippen molar-refractivity contribution in [3.8, 4) is 0 Å². The van der Waals surface area contributed by atoms with Crippen molar-refractivity contribution in [1.82, 2.24) is 0 Å². The van der Waals surface area contributed by atoms with Gasteiger partial charge < -0.3 is 10.2 Å². The zero-order chi connectivity index (χ0) is 14.5. The Balaban J connectivity index is 2.38. The molecule has 6 nitrogen and oxygen atoms in total. The fraction of sp³-hybridized carbons (Fsp3) is 0. The molecule has 0 bridgehead atoms. The van der Waals surface area contributed by atoms with Gasteiger partial charge in [0.25, 0.3) is 0 Å². The number of carboxylic acid groups (broad SMARTS) is 2. The number of rotatable bonds is 4. The second-order valence-corrected chi connectivity index (χ2v) is 3.91. The minimum absolute atomic E-state index is 0.146. The molecule has 0 unspecified atom stereocenters. The van der Waals surface area contributed by atoms with Crippen LogP contribution < -0.4 is 0 Å². The van der Waals surface area contributed by atoms with E-state index in [9.17, 15) is 9.59 Å². The summed E-state index contributed by atoms with van der Waals surface area (Å²) in [7, 11) is 0. The Morgan fingerprint density at radius 2 is 1.25 bits per heavy atom. The lowest BCUT2D eigenvalue weighted by Gasteiger charge is -2.00. The average Bonchev–Trinajstić information content (AvgIpc) is 2.45. The summed E-state index contributed by atoms with van der Waals surface area (Å²) in [6, 6.07) is 12.4. The number of carboxylic acids is 2. The monoisotopic (exact) mass is 270 g/mol. The van der Waals surface area contributed by atoms with Crippen LogP contribution in [0.15, 0.2) is 58.8 Å². The van der Waals surface area contributed by atoms with Crippen molar-refractivity contribution >= 4 is 23.3 Å². The molecule has 2 rings (SSSR count). The van der Waals surface area contributed by atoms with Gasteiger partial charge >= 0.3 is 11.9 Å². The molecule has 2 aromatic rings. The van der Waals surface area contributed by atoms with Gasteiger partial charge in [-0.2, -0.15) is 10.2 Å². The molecular weight excluding hydrogens is 260 g/mol. The molecule has 0 heterocycles. The summed E-state index contributed by atoms with van der Waals surface area (Å²) >= 11 is 0. The normalized spacial score (nSPS) is 10.6. The van der Waals surface area contributed by atoms with E-state index in [4.69, 9.17) is 10.2 Å². The average molecular weight is 270 g/mol. The first-order valence-corrected chi connectivity index (χ1v) is 5.65. The largest absolute Gasteiger partial charge is 0.478 e. The van der Waals surface area contributed by atoms with Crippen LogP contribution in [0.1, 0.15) is 20.7 Å². The minimum Gasteiger partial charge on any atom is -0.478 e. The van der Waals surface area contributed by atoms with E-state index in [1.54, 1.807) is 24.3 Å². The number of hydrogen-bond acceptors (Lipinski definition) is 4. The number of carbonyl (C=O) groups is 2. The molecule has 100 valence electrons. The Labute approximate surface area is 114 Å². The van der Waals surface area contributed by atoms with E-state index in [0.717, 1.165) is 6.07 Å².